The van der Waals surface area contributed by atoms with Crippen LogP contribution in [0.3, 0.4) is 0 Å². The van der Waals surface area contributed by atoms with Gasteiger partial charge in [0.05, 0.1) is 5.69 Å². The van der Waals surface area contributed by atoms with E-state index < -0.39 is 0 Å². The summed E-state index contributed by atoms with van der Waals surface area (Å²) in [5, 5.41) is 1.07. The molecular weight excluding hydrogens is 256 g/mol. The summed E-state index contributed by atoms with van der Waals surface area (Å²) in [5.74, 6) is 0.534. The highest BCUT2D eigenvalue weighted by Gasteiger charge is 2.06. The van der Waals surface area contributed by atoms with Gasteiger partial charge in [-0.15, -0.1) is 11.6 Å². The summed E-state index contributed by atoms with van der Waals surface area (Å²) in [5.41, 5.74) is 5.12. The summed E-state index contributed by atoms with van der Waals surface area (Å²) in [7, 11) is 0. The van der Waals surface area contributed by atoms with Crippen molar-refractivity contribution in [3.8, 4) is 11.3 Å². The van der Waals surface area contributed by atoms with E-state index in [1.807, 2.05) is 24.3 Å². The van der Waals surface area contributed by atoms with Crippen molar-refractivity contribution in [3.63, 3.8) is 0 Å². The lowest BCUT2D eigenvalue weighted by atomic mass is 10.0. The van der Waals surface area contributed by atoms with Gasteiger partial charge in [-0.1, -0.05) is 24.3 Å². The first kappa shape index (κ1) is 12.1. The first-order chi connectivity index (χ1) is 9.28. The molecule has 0 bridgehead atoms. The van der Waals surface area contributed by atoms with E-state index in [9.17, 15) is 0 Å². The SMILES string of the molecule is Cc1cc2cccnc2nc1-c1ccc(CCl)cc1. The number of hydrogen-bond acceptors (Lipinski definition) is 2. The molecule has 0 N–H and O–H groups in total. The summed E-state index contributed by atoms with van der Waals surface area (Å²) >= 11 is 5.81. The van der Waals surface area contributed by atoms with Gasteiger partial charge in [0.15, 0.2) is 5.65 Å². The highest BCUT2D eigenvalue weighted by Crippen LogP contribution is 2.24. The number of pyridine rings is 2. The molecule has 3 aromatic rings. The lowest BCUT2D eigenvalue weighted by Crippen LogP contribution is -1.92. The molecule has 3 rings (SSSR count). The highest BCUT2D eigenvalue weighted by atomic mass is 35.5. The van der Waals surface area contributed by atoms with Gasteiger partial charge < -0.3 is 0 Å². The number of hydrogen-bond donors (Lipinski definition) is 0. The van der Waals surface area contributed by atoms with Gasteiger partial charge in [-0.05, 0) is 36.2 Å². The predicted molar refractivity (Wildman–Crippen MR) is 79.3 cm³/mol. The van der Waals surface area contributed by atoms with Crippen LogP contribution in [0, 0.1) is 6.92 Å². The van der Waals surface area contributed by atoms with Gasteiger partial charge in [0.1, 0.15) is 0 Å². The lowest BCUT2D eigenvalue weighted by molar-refractivity contribution is 1.25. The molecule has 0 spiro atoms. The van der Waals surface area contributed by atoms with E-state index in [0.717, 1.165) is 33.4 Å². The molecule has 0 atom stereocenters. The number of halogens is 1. The average molecular weight is 269 g/mol. The maximum absolute atomic E-state index is 5.81. The van der Waals surface area contributed by atoms with Crippen LogP contribution >= 0.6 is 11.6 Å². The van der Waals surface area contributed by atoms with E-state index in [4.69, 9.17) is 11.6 Å². The van der Waals surface area contributed by atoms with E-state index in [1.165, 1.54) is 0 Å². The average Bonchev–Trinajstić information content (AvgIpc) is 2.47. The van der Waals surface area contributed by atoms with Gasteiger partial charge in [-0.2, -0.15) is 0 Å². The molecule has 0 radical (unpaired) electrons. The predicted octanol–water partition coefficient (Wildman–Crippen LogP) is 4.34. The summed E-state index contributed by atoms with van der Waals surface area (Å²) in [4.78, 5) is 8.97. The Labute approximate surface area is 117 Å². The van der Waals surface area contributed by atoms with Crippen LogP contribution in [0.2, 0.25) is 0 Å². The Morgan fingerprint density at radius 3 is 2.63 bits per heavy atom. The molecular formula is C16H13ClN2. The van der Waals surface area contributed by atoms with Crippen molar-refractivity contribution in [2.24, 2.45) is 0 Å². The summed E-state index contributed by atoms with van der Waals surface area (Å²) in [6, 6.07) is 14.3. The number of aromatic nitrogens is 2. The lowest BCUT2D eigenvalue weighted by Gasteiger charge is -2.07. The van der Waals surface area contributed by atoms with Crippen LogP contribution in [-0.4, -0.2) is 9.97 Å². The molecule has 3 heteroatoms. The van der Waals surface area contributed by atoms with Crippen LogP contribution in [0.5, 0.6) is 0 Å². The van der Waals surface area contributed by atoms with Crippen molar-refractivity contribution in [3.05, 3.63) is 59.8 Å². The molecule has 0 aliphatic heterocycles. The van der Waals surface area contributed by atoms with Crippen molar-refractivity contribution in [2.45, 2.75) is 12.8 Å². The number of nitrogens with zero attached hydrogens (tertiary/aromatic N) is 2. The normalized spacial score (nSPS) is 10.8. The van der Waals surface area contributed by atoms with Gasteiger partial charge in [0, 0.05) is 23.0 Å². The van der Waals surface area contributed by atoms with Gasteiger partial charge in [-0.25, -0.2) is 9.97 Å². The number of alkyl halides is 1. The van der Waals surface area contributed by atoms with Crippen molar-refractivity contribution in [2.75, 3.05) is 0 Å². The minimum absolute atomic E-state index is 0.534. The van der Waals surface area contributed by atoms with Crippen molar-refractivity contribution >= 4 is 22.6 Å². The summed E-state index contributed by atoms with van der Waals surface area (Å²) < 4.78 is 0. The molecule has 0 saturated carbocycles. The van der Waals surface area contributed by atoms with E-state index in [0.29, 0.717) is 5.88 Å². The fourth-order valence-corrected chi connectivity index (χ4v) is 2.33. The van der Waals surface area contributed by atoms with Crippen molar-refractivity contribution in [1.82, 2.24) is 9.97 Å². The van der Waals surface area contributed by atoms with Gasteiger partial charge >= 0.3 is 0 Å². The molecule has 2 aromatic heterocycles. The van der Waals surface area contributed by atoms with Crippen molar-refractivity contribution < 1.29 is 0 Å². The second-order valence-corrected chi connectivity index (χ2v) is 4.80. The molecule has 2 nitrogen and oxygen atoms in total. The molecule has 0 fully saturated rings. The van der Waals surface area contributed by atoms with Crippen LogP contribution in [-0.2, 0) is 5.88 Å². The molecule has 19 heavy (non-hydrogen) atoms. The Kier molecular flexibility index (Phi) is 3.18. The standard InChI is InChI=1S/C16H13ClN2/c1-11-9-14-3-2-8-18-16(14)19-15(11)13-6-4-12(10-17)5-7-13/h2-9H,10H2,1H3. The first-order valence-electron chi connectivity index (χ1n) is 6.15. The van der Waals surface area contributed by atoms with Crippen LogP contribution in [0.1, 0.15) is 11.1 Å². The van der Waals surface area contributed by atoms with Crippen LogP contribution in [0.25, 0.3) is 22.3 Å². The monoisotopic (exact) mass is 268 g/mol. The van der Waals surface area contributed by atoms with Gasteiger partial charge in [0.2, 0.25) is 0 Å². The third-order valence-electron chi connectivity index (χ3n) is 3.16. The largest absolute Gasteiger partial charge is 0.237 e. The number of rotatable bonds is 2. The zero-order valence-electron chi connectivity index (χ0n) is 10.6. The number of aryl methyl sites for hydroxylation is 1. The van der Waals surface area contributed by atoms with Crippen molar-refractivity contribution in [1.29, 1.82) is 0 Å². The Morgan fingerprint density at radius 2 is 1.89 bits per heavy atom. The number of benzene rings is 1. The highest BCUT2D eigenvalue weighted by molar-refractivity contribution is 6.17. The topological polar surface area (TPSA) is 25.8 Å². The molecule has 0 aliphatic carbocycles. The van der Waals surface area contributed by atoms with E-state index in [-0.39, 0.29) is 0 Å². The molecule has 1 aromatic carbocycles. The first-order valence-corrected chi connectivity index (χ1v) is 6.69. The molecule has 2 heterocycles. The van der Waals surface area contributed by atoms with Crippen LogP contribution in [0.4, 0.5) is 0 Å². The molecule has 0 saturated heterocycles. The quantitative estimate of drug-likeness (QED) is 0.646. The number of fused-ring (bicyclic) bond motifs is 1. The van der Waals surface area contributed by atoms with E-state index in [1.54, 1.807) is 6.20 Å². The van der Waals surface area contributed by atoms with E-state index in [2.05, 4.69) is 35.1 Å². The smallest absolute Gasteiger partial charge is 0.159 e. The van der Waals surface area contributed by atoms with Crippen LogP contribution in [0.15, 0.2) is 48.7 Å². The Bertz CT molecular complexity index is 720. The van der Waals surface area contributed by atoms with Crippen LogP contribution < -0.4 is 0 Å². The molecule has 94 valence electrons. The Balaban J connectivity index is 2.15. The third-order valence-corrected chi connectivity index (χ3v) is 3.47. The minimum Gasteiger partial charge on any atom is -0.237 e. The summed E-state index contributed by atoms with van der Waals surface area (Å²) in [6.45, 7) is 2.07. The Morgan fingerprint density at radius 1 is 1.11 bits per heavy atom. The van der Waals surface area contributed by atoms with Gasteiger partial charge in [0.25, 0.3) is 0 Å². The molecule has 0 aliphatic rings. The fraction of sp³-hybridized carbons (Fsp3) is 0.125. The second-order valence-electron chi connectivity index (χ2n) is 4.53. The maximum Gasteiger partial charge on any atom is 0.159 e. The van der Waals surface area contributed by atoms with E-state index >= 15 is 0 Å². The Hall–Kier alpha value is -1.93. The second kappa shape index (κ2) is 4.98. The fourth-order valence-electron chi connectivity index (χ4n) is 2.16. The zero-order valence-corrected chi connectivity index (χ0v) is 11.4. The molecule has 0 amide bonds. The third kappa shape index (κ3) is 2.32. The summed E-state index contributed by atoms with van der Waals surface area (Å²) in [6.07, 6.45) is 1.77. The van der Waals surface area contributed by atoms with Gasteiger partial charge in [-0.3, -0.25) is 0 Å². The molecule has 0 unspecified atom stereocenters. The minimum atomic E-state index is 0.534. The maximum atomic E-state index is 5.81. The zero-order chi connectivity index (χ0) is 13.2.